The molecule has 1 fully saturated rings. The lowest BCUT2D eigenvalue weighted by Gasteiger charge is -2.31. The molecule has 2 atom stereocenters. The van der Waals surface area contributed by atoms with Crippen molar-refractivity contribution in [2.24, 2.45) is 0 Å². The molecule has 13 heteroatoms. The van der Waals surface area contributed by atoms with Crippen LogP contribution in [0.4, 0.5) is 20.3 Å². The number of nitrogens with zero attached hydrogens (tertiary/aromatic N) is 3. The van der Waals surface area contributed by atoms with Crippen molar-refractivity contribution in [3.8, 4) is 11.5 Å². The van der Waals surface area contributed by atoms with Crippen molar-refractivity contribution >= 4 is 45.8 Å². The second-order valence-electron chi connectivity index (χ2n) is 8.05. The fourth-order valence-corrected chi connectivity index (χ4v) is 4.03. The zero-order chi connectivity index (χ0) is 26.7. The fourth-order valence-electron chi connectivity index (χ4n) is 3.87. The number of hydrogen-bond donors (Lipinski definition) is 3. The Kier molecular flexibility index (Phi) is 7.81. The first kappa shape index (κ1) is 26.2. The molecule has 0 unspecified atom stereocenters. The molecule has 0 radical (unpaired) electrons. The van der Waals surface area contributed by atoms with Gasteiger partial charge < -0.3 is 20.1 Å². The molecular weight excluding hydrogens is 512 g/mol. The van der Waals surface area contributed by atoms with Crippen LogP contribution in [0.25, 0.3) is 10.9 Å². The molecule has 1 saturated heterocycles. The zero-order valence-electron chi connectivity index (χ0n) is 19.5. The van der Waals surface area contributed by atoms with Gasteiger partial charge in [0.1, 0.15) is 29.1 Å². The van der Waals surface area contributed by atoms with Crippen LogP contribution in [0.2, 0.25) is 5.02 Å². The van der Waals surface area contributed by atoms with Crippen molar-refractivity contribution in [1.29, 1.82) is 0 Å². The Morgan fingerprint density at radius 1 is 1.30 bits per heavy atom. The van der Waals surface area contributed by atoms with Crippen LogP contribution in [-0.2, 0) is 9.59 Å². The molecule has 0 spiro atoms. The number of hydroxylamine groups is 2. The van der Waals surface area contributed by atoms with Gasteiger partial charge in [-0.25, -0.2) is 18.7 Å². The normalized spacial score (nSPS) is 17.2. The molecule has 1 aliphatic heterocycles. The van der Waals surface area contributed by atoms with E-state index >= 15 is 0 Å². The molecular formula is C24H22ClF2N5O5. The molecule has 2 heterocycles. The maximum Gasteiger partial charge on any atom is 0.276 e. The van der Waals surface area contributed by atoms with Crippen molar-refractivity contribution < 1.29 is 33.1 Å². The molecule has 0 bridgehead atoms. The van der Waals surface area contributed by atoms with E-state index in [1.165, 1.54) is 19.5 Å². The SMILES string of the molecule is C=CC(=O)N(O)C(=O)[C@H]1C[C@H](Oc2cc3c(Nc4ccc(F)c(Cl)c4F)ncnc3cc2OC)CCN1. The van der Waals surface area contributed by atoms with Crippen LogP contribution in [0.15, 0.2) is 43.2 Å². The molecule has 2 amide bonds. The van der Waals surface area contributed by atoms with Crippen molar-refractivity contribution in [3.63, 3.8) is 0 Å². The minimum absolute atomic E-state index is 0.0137. The average Bonchev–Trinajstić information content (AvgIpc) is 2.92. The van der Waals surface area contributed by atoms with E-state index in [0.717, 1.165) is 12.1 Å². The number of carbonyl (C=O) groups is 2. The summed E-state index contributed by atoms with van der Waals surface area (Å²) in [5.41, 5.74) is 0.361. The van der Waals surface area contributed by atoms with E-state index in [2.05, 4.69) is 27.2 Å². The Morgan fingerprint density at radius 3 is 2.81 bits per heavy atom. The summed E-state index contributed by atoms with van der Waals surface area (Å²) in [7, 11) is 1.45. The van der Waals surface area contributed by atoms with Gasteiger partial charge in [-0.2, -0.15) is 5.06 Å². The van der Waals surface area contributed by atoms with E-state index in [0.29, 0.717) is 35.4 Å². The van der Waals surface area contributed by atoms with E-state index < -0.39 is 40.6 Å². The topological polar surface area (TPSA) is 126 Å². The quantitative estimate of drug-likeness (QED) is 0.180. The number of aromatic nitrogens is 2. The van der Waals surface area contributed by atoms with Crippen molar-refractivity contribution in [1.82, 2.24) is 20.3 Å². The number of methoxy groups -OCH3 is 1. The Labute approximate surface area is 214 Å². The summed E-state index contributed by atoms with van der Waals surface area (Å²) < 4.78 is 39.6. The number of piperidine rings is 1. The number of carbonyl (C=O) groups excluding carboxylic acids is 2. The van der Waals surface area contributed by atoms with Crippen LogP contribution in [0, 0.1) is 11.6 Å². The number of anilines is 2. The zero-order valence-corrected chi connectivity index (χ0v) is 20.3. The van der Waals surface area contributed by atoms with E-state index in [4.69, 9.17) is 21.1 Å². The highest BCUT2D eigenvalue weighted by molar-refractivity contribution is 6.31. The lowest BCUT2D eigenvalue weighted by atomic mass is 10.0. The number of rotatable bonds is 7. The average molecular weight is 534 g/mol. The summed E-state index contributed by atoms with van der Waals surface area (Å²) in [6, 6.07) is 4.55. The Morgan fingerprint density at radius 2 is 2.08 bits per heavy atom. The minimum atomic E-state index is -0.975. The standard InChI is InChI=1S/C24H22ClF2N5O5/c1-3-20(33)32(35)24(34)17-8-12(6-7-28-17)37-19-9-13-16(10-18(19)36-2)29-11-30-23(13)31-15-5-4-14(26)21(25)22(15)27/h3-5,9-12,17,28,35H,1,6-8H2,2H3,(H,29,30,31)/t12-,17-/m1/s1. The first-order chi connectivity index (χ1) is 17.7. The Bertz CT molecular complexity index is 1380. The number of hydrogen-bond acceptors (Lipinski definition) is 9. The van der Waals surface area contributed by atoms with Crippen LogP contribution in [-0.4, -0.2) is 57.9 Å². The smallest absolute Gasteiger partial charge is 0.276 e. The highest BCUT2D eigenvalue weighted by Gasteiger charge is 2.33. The van der Waals surface area contributed by atoms with Gasteiger partial charge in [-0.15, -0.1) is 0 Å². The third kappa shape index (κ3) is 5.45. The Balaban J connectivity index is 1.62. The first-order valence-electron chi connectivity index (χ1n) is 11.1. The molecule has 2 aromatic carbocycles. The molecule has 3 N–H and O–H groups in total. The molecule has 0 saturated carbocycles. The lowest BCUT2D eigenvalue weighted by molar-refractivity contribution is -0.178. The molecule has 4 rings (SSSR count). The summed E-state index contributed by atoms with van der Waals surface area (Å²) in [5, 5.41) is 15.4. The molecule has 1 aromatic heterocycles. The molecule has 3 aromatic rings. The first-order valence-corrected chi connectivity index (χ1v) is 11.4. The van der Waals surface area contributed by atoms with Gasteiger partial charge in [-0.3, -0.25) is 14.8 Å². The van der Waals surface area contributed by atoms with E-state index in [9.17, 15) is 23.6 Å². The van der Waals surface area contributed by atoms with Gasteiger partial charge in [0.05, 0.1) is 24.4 Å². The minimum Gasteiger partial charge on any atom is -0.493 e. The third-order valence-corrected chi connectivity index (χ3v) is 6.09. The highest BCUT2D eigenvalue weighted by atomic mass is 35.5. The molecule has 0 aliphatic carbocycles. The van der Waals surface area contributed by atoms with Gasteiger partial charge in [-0.05, 0) is 37.2 Å². The number of ether oxygens (including phenoxy) is 2. The summed E-state index contributed by atoms with van der Waals surface area (Å²) in [6.07, 6.45) is 2.28. The highest BCUT2D eigenvalue weighted by Crippen LogP contribution is 2.37. The molecule has 37 heavy (non-hydrogen) atoms. The molecule has 10 nitrogen and oxygen atoms in total. The molecule has 194 valence electrons. The summed E-state index contributed by atoms with van der Waals surface area (Å²) >= 11 is 5.69. The van der Waals surface area contributed by atoms with E-state index in [1.54, 1.807) is 12.1 Å². The largest absolute Gasteiger partial charge is 0.493 e. The van der Waals surface area contributed by atoms with E-state index in [1.807, 2.05) is 0 Å². The lowest BCUT2D eigenvalue weighted by Crippen LogP contribution is -2.52. The van der Waals surface area contributed by atoms with Gasteiger partial charge in [0, 0.05) is 17.9 Å². The number of nitrogens with one attached hydrogen (secondary N) is 2. The fraction of sp³-hybridized carbons (Fsp3) is 0.250. The monoisotopic (exact) mass is 533 g/mol. The van der Waals surface area contributed by atoms with Gasteiger partial charge in [-0.1, -0.05) is 18.2 Å². The van der Waals surface area contributed by atoms with Gasteiger partial charge in [0.15, 0.2) is 17.3 Å². The van der Waals surface area contributed by atoms with Crippen molar-refractivity contribution in [2.45, 2.75) is 25.0 Å². The van der Waals surface area contributed by atoms with Crippen LogP contribution in [0.1, 0.15) is 12.8 Å². The predicted octanol–water partition coefficient (Wildman–Crippen LogP) is 3.74. The van der Waals surface area contributed by atoms with E-state index in [-0.39, 0.29) is 23.0 Å². The predicted molar refractivity (Wildman–Crippen MR) is 130 cm³/mol. The van der Waals surface area contributed by atoms with Crippen molar-refractivity contribution in [3.05, 3.63) is 59.9 Å². The Hall–Kier alpha value is -3.87. The third-order valence-electron chi connectivity index (χ3n) is 5.75. The second kappa shape index (κ2) is 11.0. The maximum atomic E-state index is 14.5. The maximum absolute atomic E-state index is 14.5. The number of halogens is 3. The number of amides is 2. The summed E-state index contributed by atoms with van der Waals surface area (Å²) in [6.45, 7) is 3.63. The van der Waals surface area contributed by atoms with Crippen molar-refractivity contribution in [2.75, 3.05) is 19.0 Å². The van der Waals surface area contributed by atoms with Crippen LogP contribution >= 0.6 is 11.6 Å². The van der Waals surface area contributed by atoms with Crippen LogP contribution in [0.5, 0.6) is 11.5 Å². The summed E-state index contributed by atoms with van der Waals surface area (Å²) in [4.78, 5) is 32.4. The number of imide groups is 1. The van der Waals surface area contributed by atoms with Gasteiger partial charge in [0.25, 0.3) is 11.8 Å². The number of fused-ring (bicyclic) bond motifs is 1. The molecule has 1 aliphatic rings. The second-order valence-corrected chi connectivity index (χ2v) is 8.43. The number of benzene rings is 2. The van der Waals surface area contributed by atoms with Crippen LogP contribution < -0.4 is 20.1 Å². The van der Waals surface area contributed by atoms with Crippen LogP contribution in [0.3, 0.4) is 0 Å². The van der Waals surface area contributed by atoms with Gasteiger partial charge in [0.2, 0.25) is 0 Å². The summed E-state index contributed by atoms with van der Waals surface area (Å²) in [5.74, 6) is -2.79. The van der Waals surface area contributed by atoms with Gasteiger partial charge >= 0.3 is 0 Å².